The first-order chi connectivity index (χ1) is 15.3. The topological polar surface area (TPSA) is 84.5 Å². The summed E-state index contributed by atoms with van der Waals surface area (Å²) < 4.78 is 34.6. The van der Waals surface area contributed by atoms with Gasteiger partial charge in [-0.2, -0.15) is 0 Å². The summed E-state index contributed by atoms with van der Waals surface area (Å²) in [6, 6.07) is 21.4. The van der Waals surface area contributed by atoms with Crippen molar-refractivity contribution in [3.63, 3.8) is 0 Å². The van der Waals surface area contributed by atoms with Gasteiger partial charge in [-0.25, -0.2) is 13.1 Å². The zero-order chi connectivity index (χ0) is 23.1. The van der Waals surface area contributed by atoms with E-state index in [2.05, 4.69) is 26.0 Å². The molecule has 0 aliphatic rings. The van der Waals surface area contributed by atoms with Gasteiger partial charge in [0.1, 0.15) is 10.6 Å². The minimum atomic E-state index is -3.87. The van der Waals surface area contributed by atoms with E-state index in [9.17, 15) is 13.2 Å². The van der Waals surface area contributed by atoms with Gasteiger partial charge in [0.15, 0.2) is 0 Å². The van der Waals surface area contributed by atoms with Gasteiger partial charge in [0.2, 0.25) is 10.0 Å². The molecule has 0 bridgehead atoms. The molecule has 0 fully saturated rings. The van der Waals surface area contributed by atoms with E-state index in [1.54, 1.807) is 6.07 Å². The molecule has 0 radical (unpaired) electrons. The first-order valence-corrected chi connectivity index (χ1v) is 12.4. The summed E-state index contributed by atoms with van der Waals surface area (Å²) >= 11 is 3.39. The summed E-state index contributed by atoms with van der Waals surface area (Å²) in [5, 5.41) is 2.90. The van der Waals surface area contributed by atoms with Crippen LogP contribution in [0.1, 0.15) is 34.5 Å². The number of amides is 1. The zero-order valence-electron chi connectivity index (χ0n) is 17.8. The maximum Gasteiger partial charge on any atom is 0.251 e. The molecule has 0 saturated carbocycles. The molecule has 8 heteroatoms. The second-order valence-corrected chi connectivity index (χ2v) is 9.90. The molecule has 3 aromatic rings. The highest BCUT2D eigenvalue weighted by Gasteiger charge is 2.22. The van der Waals surface area contributed by atoms with E-state index in [0.717, 1.165) is 15.6 Å². The standard InChI is InChI=1S/C24H25BrN2O4S/c1-17(19-8-11-21(25)12-9-19)27-24(28)20-10-13-22(31-2)23(16-20)32(29,30)26-15-14-18-6-4-3-5-7-18/h3-13,16-17,26H,14-15H2,1-2H3,(H,27,28)/t17-/m1/s1. The van der Waals surface area contributed by atoms with Gasteiger partial charge in [0, 0.05) is 16.6 Å². The number of nitrogens with one attached hydrogen (secondary N) is 2. The van der Waals surface area contributed by atoms with Crippen LogP contribution in [0, 0.1) is 0 Å². The predicted octanol–water partition coefficient (Wildman–Crippen LogP) is 4.47. The molecular weight excluding hydrogens is 492 g/mol. The van der Waals surface area contributed by atoms with E-state index in [0.29, 0.717) is 6.42 Å². The molecule has 3 rings (SSSR count). The molecule has 168 valence electrons. The van der Waals surface area contributed by atoms with Gasteiger partial charge in [-0.05, 0) is 54.8 Å². The van der Waals surface area contributed by atoms with Crippen LogP contribution in [0.25, 0.3) is 0 Å². The van der Waals surface area contributed by atoms with Crippen molar-refractivity contribution in [3.05, 3.63) is 94.0 Å². The van der Waals surface area contributed by atoms with Gasteiger partial charge >= 0.3 is 0 Å². The highest BCUT2D eigenvalue weighted by atomic mass is 79.9. The van der Waals surface area contributed by atoms with Gasteiger partial charge in [-0.3, -0.25) is 4.79 Å². The van der Waals surface area contributed by atoms with Crippen LogP contribution in [0.4, 0.5) is 0 Å². The molecule has 0 aliphatic carbocycles. The number of halogens is 1. The summed E-state index contributed by atoms with van der Waals surface area (Å²) in [6.07, 6.45) is 0.549. The lowest BCUT2D eigenvalue weighted by Gasteiger charge is -2.16. The Bertz CT molecular complexity index is 1170. The number of sulfonamides is 1. The predicted molar refractivity (Wildman–Crippen MR) is 128 cm³/mol. The largest absolute Gasteiger partial charge is 0.495 e. The maximum atomic E-state index is 12.9. The van der Waals surface area contributed by atoms with E-state index in [-0.39, 0.29) is 34.7 Å². The van der Waals surface area contributed by atoms with Gasteiger partial charge in [0.05, 0.1) is 13.2 Å². The Kier molecular flexibility index (Phi) is 8.06. The Morgan fingerprint density at radius 3 is 2.38 bits per heavy atom. The third-order valence-corrected chi connectivity index (χ3v) is 6.99. The van der Waals surface area contributed by atoms with Crippen molar-refractivity contribution in [3.8, 4) is 5.75 Å². The number of methoxy groups -OCH3 is 1. The van der Waals surface area contributed by atoms with Crippen LogP contribution in [-0.4, -0.2) is 28.0 Å². The lowest BCUT2D eigenvalue weighted by atomic mass is 10.1. The Balaban J connectivity index is 1.74. The van der Waals surface area contributed by atoms with Crippen LogP contribution in [0.15, 0.2) is 82.2 Å². The smallest absolute Gasteiger partial charge is 0.251 e. The summed E-state index contributed by atoms with van der Waals surface area (Å²) in [4.78, 5) is 12.7. The molecule has 3 aromatic carbocycles. The molecule has 0 unspecified atom stereocenters. The number of hydrogen-bond donors (Lipinski definition) is 2. The van der Waals surface area contributed by atoms with Crippen molar-refractivity contribution in [1.82, 2.24) is 10.0 Å². The van der Waals surface area contributed by atoms with Crippen molar-refractivity contribution in [1.29, 1.82) is 0 Å². The molecule has 0 heterocycles. The minimum absolute atomic E-state index is 0.0722. The van der Waals surface area contributed by atoms with Crippen molar-refractivity contribution in [2.24, 2.45) is 0 Å². The van der Waals surface area contributed by atoms with Crippen LogP contribution in [0.5, 0.6) is 5.75 Å². The molecular formula is C24H25BrN2O4S. The fourth-order valence-electron chi connectivity index (χ4n) is 3.19. The molecule has 6 nitrogen and oxygen atoms in total. The van der Waals surface area contributed by atoms with E-state index in [1.807, 2.05) is 61.5 Å². The average Bonchev–Trinajstić information content (AvgIpc) is 2.79. The normalized spacial score (nSPS) is 12.2. The number of hydrogen-bond acceptors (Lipinski definition) is 4. The zero-order valence-corrected chi connectivity index (χ0v) is 20.2. The first kappa shape index (κ1) is 24.0. The van der Waals surface area contributed by atoms with Gasteiger partial charge in [-0.1, -0.05) is 58.4 Å². The molecule has 0 saturated heterocycles. The van der Waals surface area contributed by atoms with Gasteiger partial charge < -0.3 is 10.1 Å². The van der Waals surface area contributed by atoms with Crippen LogP contribution in [0.2, 0.25) is 0 Å². The summed E-state index contributed by atoms with van der Waals surface area (Å²) in [5.41, 5.74) is 2.20. The summed E-state index contributed by atoms with van der Waals surface area (Å²) in [6.45, 7) is 2.10. The number of carbonyl (C=O) groups excluding carboxylic acids is 1. The SMILES string of the molecule is COc1ccc(C(=O)N[C@H](C)c2ccc(Br)cc2)cc1S(=O)(=O)NCCc1ccccc1. The second-order valence-electron chi connectivity index (χ2n) is 7.25. The minimum Gasteiger partial charge on any atom is -0.495 e. The van der Waals surface area contributed by atoms with E-state index in [4.69, 9.17) is 4.74 Å². The average molecular weight is 517 g/mol. The molecule has 2 N–H and O–H groups in total. The Morgan fingerprint density at radius 1 is 1.03 bits per heavy atom. The van der Waals surface area contributed by atoms with Crippen molar-refractivity contribution >= 4 is 31.9 Å². The van der Waals surface area contributed by atoms with Crippen molar-refractivity contribution < 1.29 is 17.9 Å². The molecule has 0 spiro atoms. The summed E-state index contributed by atoms with van der Waals surface area (Å²) in [7, 11) is -2.48. The number of rotatable bonds is 9. The van der Waals surface area contributed by atoms with Gasteiger partial charge in [0.25, 0.3) is 5.91 Å². The number of carbonyl (C=O) groups is 1. The third kappa shape index (κ3) is 6.18. The van der Waals surface area contributed by atoms with E-state index < -0.39 is 10.0 Å². The van der Waals surface area contributed by atoms with E-state index >= 15 is 0 Å². The first-order valence-electron chi connectivity index (χ1n) is 10.1. The molecule has 32 heavy (non-hydrogen) atoms. The molecule has 0 aromatic heterocycles. The third-order valence-electron chi connectivity index (χ3n) is 4.98. The highest BCUT2D eigenvalue weighted by Crippen LogP contribution is 2.25. The maximum absolute atomic E-state index is 12.9. The lowest BCUT2D eigenvalue weighted by Crippen LogP contribution is -2.28. The Hall–Kier alpha value is -2.68. The van der Waals surface area contributed by atoms with E-state index in [1.165, 1.54) is 19.2 Å². The lowest BCUT2D eigenvalue weighted by molar-refractivity contribution is 0.0939. The molecule has 0 aliphatic heterocycles. The Labute approximate surface area is 197 Å². The number of ether oxygens (including phenoxy) is 1. The van der Waals surface area contributed by atoms with Gasteiger partial charge in [-0.15, -0.1) is 0 Å². The summed E-state index contributed by atoms with van der Waals surface area (Å²) in [5.74, 6) is -0.196. The number of benzene rings is 3. The van der Waals surface area contributed by atoms with Crippen LogP contribution in [-0.2, 0) is 16.4 Å². The highest BCUT2D eigenvalue weighted by molar-refractivity contribution is 9.10. The van der Waals surface area contributed by atoms with Crippen molar-refractivity contribution in [2.75, 3.05) is 13.7 Å². The fourth-order valence-corrected chi connectivity index (χ4v) is 4.68. The van der Waals surface area contributed by atoms with Crippen molar-refractivity contribution in [2.45, 2.75) is 24.3 Å². The second kappa shape index (κ2) is 10.8. The quantitative estimate of drug-likeness (QED) is 0.439. The fraction of sp³-hybridized carbons (Fsp3) is 0.208. The molecule has 1 atom stereocenters. The Morgan fingerprint density at radius 2 is 1.72 bits per heavy atom. The molecule has 1 amide bonds. The van der Waals surface area contributed by atoms with Crippen LogP contribution >= 0.6 is 15.9 Å². The monoisotopic (exact) mass is 516 g/mol. The van der Waals surface area contributed by atoms with Crippen LogP contribution in [0.3, 0.4) is 0 Å². The van der Waals surface area contributed by atoms with Crippen LogP contribution < -0.4 is 14.8 Å².